The summed E-state index contributed by atoms with van der Waals surface area (Å²) >= 11 is 1.36. The molecule has 2 heterocycles. The Kier molecular flexibility index (Phi) is 4.18. The van der Waals surface area contributed by atoms with Crippen LogP contribution in [0, 0.1) is 5.41 Å². The number of nitrogens with one attached hydrogen (secondary N) is 1. The molecule has 2 aromatic rings. The molecule has 5 nitrogen and oxygen atoms in total. The Balaban J connectivity index is 1.71. The first-order chi connectivity index (χ1) is 12.7. The molecule has 0 aromatic heterocycles. The molecule has 0 aliphatic carbocycles. The van der Waals surface area contributed by atoms with Crippen molar-refractivity contribution in [2.75, 3.05) is 7.11 Å². The minimum absolute atomic E-state index is 0.135. The van der Waals surface area contributed by atoms with Crippen LogP contribution in [0.25, 0.3) is 11.8 Å². The minimum atomic E-state index is -0.396. The van der Waals surface area contributed by atoms with Gasteiger partial charge in [0.15, 0.2) is 5.17 Å². The van der Waals surface area contributed by atoms with Crippen molar-refractivity contribution < 1.29 is 9.53 Å². The van der Waals surface area contributed by atoms with Gasteiger partial charge in [-0.2, -0.15) is 4.99 Å². The van der Waals surface area contributed by atoms with Crippen molar-refractivity contribution in [1.82, 2.24) is 4.90 Å². The third-order valence-electron chi connectivity index (χ3n) is 4.11. The van der Waals surface area contributed by atoms with Crippen LogP contribution >= 0.6 is 11.8 Å². The second-order valence-electron chi connectivity index (χ2n) is 5.70. The average molecular weight is 361 g/mol. The highest BCUT2D eigenvalue weighted by molar-refractivity contribution is 8.17. The van der Waals surface area contributed by atoms with E-state index in [0.29, 0.717) is 5.17 Å². The van der Waals surface area contributed by atoms with Gasteiger partial charge in [-0.1, -0.05) is 54.2 Å². The zero-order chi connectivity index (χ0) is 18.1. The van der Waals surface area contributed by atoms with Gasteiger partial charge >= 0.3 is 0 Å². The van der Waals surface area contributed by atoms with E-state index in [9.17, 15) is 4.79 Å². The zero-order valence-corrected chi connectivity index (χ0v) is 14.8. The molecule has 2 aliphatic rings. The van der Waals surface area contributed by atoms with Crippen molar-refractivity contribution >= 4 is 40.4 Å². The van der Waals surface area contributed by atoms with Crippen molar-refractivity contribution in [3.63, 3.8) is 0 Å². The van der Waals surface area contributed by atoms with E-state index in [4.69, 9.17) is 10.1 Å². The van der Waals surface area contributed by atoms with E-state index in [1.165, 1.54) is 11.8 Å². The first-order valence-corrected chi connectivity index (χ1v) is 8.85. The lowest BCUT2D eigenvalue weighted by molar-refractivity contribution is -0.114. The summed E-state index contributed by atoms with van der Waals surface area (Å²) in [6.45, 7) is 0. The van der Waals surface area contributed by atoms with Crippen LogP contribution in [0.4, 0.5) is 0 Å². The lowest BCUT2D eigenvalue weighted by Crippen LogP contribution is -2.37. The second-order valence-corrected chi connectivity index (χ2v) is 6.54. The quantitative estimate of drug-likeness (QED) is 0.839. The van der Waals surface area contributed by atoms with Crippen LogP contribution < -0.4 is 4.74 Å². The van der Waals surface area contributed by atoms with E-state index >= 15 is 0 Å². The molecule has 26 heavy (non-hydrogen) atoms. The maximum atomic E-state index is 12.4. The smallest absolute Gasteiger partial charge is 0.283 e. The van der Waals surface area contributed by atoms with Gasteiger partial charge in [0.05, 0.1) is 18.4 Å². The summed E-state index contributed by atoms with van der Waals surface area (Å²) < 4.78 is 5.15. The van der Waals surface area contributed by atoms with Gasteiger partial charge in [-0.15, -0.1) is 0 Å². The van der Waals surface area contributed by atoms with E-state index in [0.717, 1.165) is 22.6 Å². The molecule has 2 aromatic carbocycles. The molecule has 0 saturated heterocycles. The van der Waals surface area contributed by atoms with Crippen molar-refractivity contribution in [2.24, 2.45) is 4.99 Å². The van der Waals surface area contributed by atoms with Crippen molar-refractivity contribution in [3.8, 4) is 5.75 Å². The van der Waals surface area contributed by atoms with Crippen molar-refractivity contribution in [2.45, 2.75) is 0 Å². The first kappa shape index (κ1) is 16.4. The van der Waals surface area contributed by atoms with E-state index in [-0.39, 0.29) is 11.4 Å². The van der Waals surface area contributed by atoms with Crippen LogP contribution in [0.2, 0.25) is 0 Å². The van der Waals surface area contributed by atoms with Gasteiger partial charge < -0.3 is 4.74 Å². The number of aliphatic imine (C=N–C) groups is 1. The Morgan fingerprint density at radius 3 is 2.54 bits per heavy atom. The second kappa shape index (κ2) is 6.65. The summed E-state index contributed by atoms with van der Waals surface area (Å²) in [6.07, 6.45) is 1.69. The zero-order valence-electron chi connectivity index (χ0n) is 14.0. The molecule has 0 unspecified atom stereocenters. The fraction of sp³-hybridized carbons (Fsp3) is 0.0500. The first-order valence-electron chi connectivity index (χ1n) is 7.97. The van der Waals surface area contributed by atoms with Gasteiger partial charge in [-0.05, 0) is 29.3 Å². The molecule has 0 atom stereocenters. The Hall–Kier alpha value is -3.12. The number of hydrogen-bond donors (Lipinski definition) is 1. The van der Waals surface area contributed by atoms with Crippen LogP contribution in [0.1, 0.15) is 11.1 Å². The number of carbonyl (C=O) groups excluding carboxylic acids is 1. The minimum Gasteiger partial charge on any atom is -0.497 e. The van der Waals surface area contributed by atoms with Gasteiger partial charge in [0, 0.05) is 5.41 Å². The Morgan fingerprint density at radius 2 is 1.85 bits per heavy atom. The third-order valence-corrected chi connectivity index (χ3v) is 4.94. The Bertz CT molecular complexity index is 976. The predicted octanol–water partition coefficient (Wildman–Crippen LogP) is 4.00. The highest BCUT2D eigenvalue weighted by Gasteiger charge is 2.36. The number of carbonyl (C=O) groups is 1. The van der Waals surface area contributed by atoms with Gasteiger partial charge in [0.2, 0.25) is 0 Å². The Morgan fingerprint density at radius 1 is 1.12 bits per heavy atom. The van der Waals surface area contributed by atoms with Crippen LogP contribution in [0.3, 0.4) is 0 Å². The van der Waals surface area contributed by atoms with Gasteiger partial charge in [0.1, 0.15) is 11.6 Å². The highest BCUT2D eigenvalue weighted by Crippen LogP contribution is 2.37. The topological polar surface area (TPSA) is 65.8 Å². The summed E-state index contributed by atoms with van der Waals surface area (Å²) in [6, 6.07) is 17.1. The molecule has 1 amide bonds. The fourth-order valence-electron chi connectivity index (χ4n) is 2.78. The van der Waals surface area contributed by atoms with Gasteiger partial charge in [-0.3, -0.25) is 15.1 Å². The average Bonchev–Trinajstić information content (AvgIpc) is 3.10. The normalized spacial score (nSPS) is 17.9. The number of amides is 1. The maximum absolute atomic E-state index is 12.4. The molecule has 0 fully saturated rings. The maximum Gasteiger partial charge on any atom is 0.283 e. The van der Waals surface area contributed by atoms with Gasteiger partial charge in [-0.25, -0.2) is 0 Å². The molecule has 2 aliphatic heterocycles. The number of ether oxygens (including phenoxy) is 1. The molecule has 128 valence electrons. The molecule has 4 rings (SSSR count). The molecule has 0 spiro atoms. The molecule has 0 saturated carbocycles. The highest BCUT2D eigenvalue weighted by atomic mass is 32.2. The number of thioether (sulfide) groups is 1. The monoisotopic (exact) mass is 361 g/mol. The summed E-state index contributed by atoms with van der Waals surface area (Å²) in [5, 5.41) is 11.0. The van der Waals surface area contributed by atoms with E-state index in [1.54, 1.807) is 18.1 Å². The molecule has 0 radical (unpaired) electrons. The number of hydrogen-bond acceptors (Lipinski definition) is 4. The molecule has 0 bridgehead atoms. The lowest BCUT2D eigenvalue weighted by Gasteiger charge is -2.26. The summed E-state index contributed by atoms with van der Waals surface area (Å²) in [4.78, 5) is 18.3. The predicted molar refractivity (Wildman–Crippen MR) is 105 cm³/mol. The number of nitrogens with zero attached hydrogens (tertiary/aromatic N) is 2. The van der Waals surface area contributed by atoms with Crippen LogP contribution in [0.15, 0.2) is 70.6 Å². The largest absolute Gasteiger partial charge is 0.497 e. The molecule has 1 N–H and O–H groups in total. The SMILES string of the molecule is COc1ccc(C=C2C(=N)N3C(c4ccccc4)=CSC3=NC2=O)cc1. The van der Waals surface area contributed by atoms with Crippen LogP contribution in [-0.4, -0.2) is 28.9 Å². The number of methoxy groups -OCH3 is 1. The summed E-state index contributed by atoms with van der Waals surface area (Å²) in [5.74, 6) is 0.478. The number of rotatable bonds is 3. The third kappa shape index (κ3) is 2.84. The number of fused-ring (bicyclic) bond motifs is 1. The number of amidine groups is 2. The number of benzene rings is 2. The van der Waals surface area contributed by atoms with E-state index in [2.05, 4.69) is 4.99 Å². The molecular weight excluding hydrogens is 346 g/mol. The Labute approximate surface area is 155 Å². The van der Waals surface area contributed by atoms with Gasteiger partial charge in [0.25, 0.3) is 5.91 Å². The van der Waals surface area contributed by atoms with Crippen LogP contribution in [-0.2, 0) is 4.79 Å². The molecular formula is C20H15N3O2S. The van der Waals surface area contributed by atoms with E-state index in [1.807, 2.05) is 60.0 Å². The van der Waals surface area contributed by atoms with E-state index < -0.39 is 5.91 Å². The fourth-order valence-corrected chi connectivity index (χ4v) is 3.67. The van der Waals surface area contributed by atoms with Crippen LogP contribution in [0.5, 0.6) is 5.75 Å². The standard InChI is InChI=1S/C20H15N3O2S/c1-25-15-9-7-13(8-10-15)11-16-18(21)23-17(14-5-3-2-4-6-14)12-26-20(23)22-19(16)24/h2-12,21H,1H3. The molecule has 6 heteroatoms. The lowest BCUT2D eigenvalue weighted by atomic mass is 10.1. The summed E-state index contributed by atoms with van der Waals surface area (Å²) in [5.41, 5.74) is 2.92. The van der Waals surface area contributed by atoms with Crippen molar-refractivity contribution in [3.05, 3.63) is 76.7 Å². The van der Waals surface area contributed by atoms with Crippen molar-refractivity contribution in [1.29, 1.82) is 5.41 Å². The summed E-state index contributed by atoms with van der Waals surface area (Å²) in [7, 11) is 1.60.